The summed E-state index contributed by atoms with van der Waals surface area (Å²) in [6.07, 6.45) is 0. The average Bonchev–Trinajstić information content (AvgIpc) is 2.64. The molecule has 0 fully saturated rings. The lowest BCUT2D eigenvalue weighted by atomic mass is 10.1. The predicted molar refractivity (Wildman–Crippen MR) is 98.1 cm³/mol. The first-order chi connectivity index (χ1) is 12.3. The Kier molecular flexibility index (Phi) is 8.25. The van der Waals surface area contributed by atoms with Gasteiger partial charge in [-0.15, -0.1) is 0 Å². The summed E-state index contributed by atoms with van der Waals surface area (Å²) >= 11 is 0. The van der Waals surface area contributed by atoms with Gasteiger partial charge in [-0.25, -0.2) is 0 Å². The lowest BCUT2D eigenvalue weighted by molar-refractivity contribution is 0.0937. The van der Waals surface area contributed by atoms with E-state index in [4.69, 9.17) is 19.3 Å². The van der Waals surface area contributed by atoms with Crippen LogP contribution in [0.5, 0.6) is 11.5 Å². The molecule has 0 bridgehead atoms. The largest absolute Gasteiger partial charge is 0.493 e. The number of rotatable bonds is 11. The molecule has 0 saturated heterocycles. The van der Waals surface area contributed by atoms with Crippen molar-refractivity contribution in [2.75, 3.05) is 33.5 Å². The van der Waals surface area contributed by atoms with E-state index in [1.807, 2.05) is 30.3 Å². The van der Waals surface area contributed by atoms with Gasteiger partial charge < -0.3 is 24.6 Å². The molecular formula is C20H27NO4. The molecule has 2 rings (SSSR count). The Hall–Kier alpha value is -2.08. The third-order valence-electron chi connectivity index (χ3n) is 3.89. The van der Waals surface area contributed by atoms with Gasteiger partial charge in [0.2, 0.25) is 0 Å². The van der Waals surface area contributed by atoms with Crippen LogP contribution in [0.3, 0.4) is 0 Å². The van der Waals surface area contributed by atoms with Gasteiger partial charge in [-0.05, 0) is 24.1 Å². The zero-order chi connectivity index (χ0) is 17.9. The summed E-state index contributed by atoms with van der Waals surface area (Å²) in [7, 11) is 1.65. The average molecular weight is 345 g/mol. The van der Waals surface area contributed by atoms with Crippen LogP contribution in [0.4, 0.5) is 0 Å². The lowest BCUT2D eigenvalue weighted by Gasteiger charge is -2.16. The standard InChI is InChI=1S/C20H27NO4/c1-16-6-3-4-7-18(16)15-25-20-17(8-5-9-19(20)23-2)14-21-10-12-24-13-11-22/h3-9,21-22H,10-15H2,1-2H3. The van der Waals surface area contributed by atoms with Gasteiger partial charge in [0.1, 0.15) is 6.61 Å². The highest BCUT2D eigenvalue weighted by Gasteiger charge is 2.11. The monoisotopic (exact) mass is 345 g/mol. The van der Waals surface area contributed by atoms with Crippen LogP contribution >= 0.6 is 0 Å². The molecule has 0 heterocycles. The molecule has 0 aliphatic heterocycles. The molecule has 25 heavy (non-hydrogen) atoms. The molecule has 5 nitrogen and oxygen atoms in total. The maximum Gasteiger partial charge on any atom is 0.166 e. The Labute approximate surface area is 149 Å². The predicted octanol–water partition coefficient (Wildman–Crippen LogP) is 2.68. The first-order valence-electron chi connectivity index (χ1n) is 8.48. The third kappa shape index (κ3) is 6.05. The van der Waals surface area contributed by atoms with Crippen molar-refractivity contribution >= 4 is 0 Å². The fourth-order valence-electron chi connectivity index (χ4n) is 2.48. The summed E-state index contributed by atoms with van der Waals surface area (Å²) in [6.45, 7) is 4.91. The molecule has 0 aromatic heterocycles. The minimum Gasteiger partial charge on any atom is -0.493 e. The summed E-state index contributed by atoms with van der Waals surface area (Å²) in [6, 6.07) is 14.1. The molecule has 0 unspecified atom stereocenters. The third-order valence-corrected chi connectivity index (χ3v) is 3.89. The number of aliphatic hydroxyl groups excluding tert-OH is 1. The SMILES string of the molecule is COc1cccc(CNCCOCCO)c1OCc1ccccc1C. The Morgan fingerprint density at radius 1 is 1.00 bits per heavy atom. The second-order valence-electron chi connectivity index (χ2n) is 5.68. The second kappa shape index (κ2) is 10.7. The summed E-state index contributed by atoms with van der Waals surface area (Å²) in [4.78, 5) is 0. The van der Waals surface area contributed by atoms with Gasteiger partial charge in [-0.2, -0.15) is 0 Å². The highest BCUT2D eigenvalue weighted by molar-refractivity contribution is 5.46. The molecule has 0 amide bonds. The molecule has 0 aliphatic carbocycles. The van der Waals surface area contributed by atoms with Gasteiger partial charge in [0, 0.05) is 18.7 Å². The summed E-state index contributed by atoms with van der Waals surface area (Å²) in [5.41, 5.74) is 3.40. The van der Waals surface area contributed by atoms with Crippen LogP contribution in [0, 0.1) is 6.92 Å². The molecule has 2 aromatic rings. The molecule has 0 radical (unpaired) electrons. The van der Waals surface area contributed by atoms with E-state index in [2.05, 4.69) is 24.4 Å². The maximum absolute atomic E-state index is 8.69. The van der Waals surface area contributed by atoms with Crippen molar-refractivity contribution in [1.29, 1.82) is 0 Å². The number of benzene rings is 2. The van der Waals surface area contributed by atoms with E-state index < -0.39 is 0 Å². The van der Waals surface area contributed by atoms with Crippen LogP contribution in [0.25, 0.3) is 0 Å². The van der Waals surface area contributed by atoms with E-state index in [0.717, 1.165) is 22.6 Å². The highest BCUT2D eigenvalue weighted by atomic mass is 16.5. The van der Waals surface area contributed by atoms with Crippen molar-refractivity contribution in [3.05, 3.63) is 59.2 Å². The lowest BCUT2D eigenvalue weighted by Crippen LogP contribution is -2.20. The Morgan fingerprint density at radius 2 is 1.80 bits per heavy atom. The molecule has 0 aliphatic rings. The number of aryl methyl sites for hydroxylation is 1. The van der Waals surface area contributed by atoms with Crippen LogP contribution in [0.15, 0.2) is 42.5 Å². The number of ether oxygens (including phenoxy) is 3. The van der Waals surface area contributed by atoms with Gasteiger partial charge in [0.05, 0.1) is 26.9 Å². The highest BCUT2D eigenvalue weighted by Crippen LogP contribution is 2.32. The van der Waals surface area contributed by atoms with Gasteiger partial charge in [0.15, 0.2) is 11.5 Å². The summed E-state index contributed by atoms with van der Waals surface area (Å²) in [5.74, 6) is 1.49. The topological polar surface area (TPSA) is 60.0 Å². The zero-order valence-electron chi connectivity index (χ0n) is 15.0. The van der Waals surface area contributed by atoms with Gasteiger partial charge in [-0.3, -0.25) is 0 Å². The van der Waals surface area contributed by atoms with Gasteiger partial charge >= 0.3 is 0 Å². The normalized spacial score (nSPS) is 10.7. The molecule has 0 spiro atoms. The van der Waals surface area contributed by atoms with E-state index >= 15 is 0 Å². The van der Waals surface area contributed by atoms with Crippen molar-refractivity contribution in [2.24, 2.45) is 0 Å². The number of methoxy groups -OCH3 is 1. The fourth-order valence-corrected chi connectivity index (χ4v) is 2.48. The number of hydrogen-bond donors (Lipinski definition) is 2. The Morgan fingerprint density at radius 3 is 2.56 bits per heavy atom. The molecule has 0 atom stereocenters. The fraction of sp³-hybridized carbons (Fsp3) is 0.400. The number of hydrogen-bond acceptors (Lipinski definition) is 5. The van der Waals surface area contributed by atoms with E-state index in [1.54, 1.807) is 7.11 Å². The van der Waals surface area contributed by atoms with Crippen LogP contribution in [0.1, 0.15) is 16.7 Å². The molecule has 2 N–H and O–H groups in total. The van der Waals surface area contributed by atoms with Crippen molar-refractivity contribution in [3.8, 4) is 11.5 Å². The van der Waals surface area contributed by atoms with Crippen LogP contribution < -0.4 is 14.8 Å². The first kappa shape index (κ1) is 19.2. The van der Waals surface area contributed by atoms with E-state index in [9.17, 15) is 0 Å². The molecule has 5 heteroatoms. The number of nitrogens with one attached hydrogen (secondary N) is 1. The quantitative estimate of drug-likeness (QED) is 0.613. The van der Waals surface area contributed by atoms with Crippen LogP contribution in [-0.2, 0) is 17.9 Å². The minimum absolute atomic E-state index is 0.0484. The molecule has 136 valence electrons. The van der Waals surface area contributed by atoms with Crippen molar-refractivity contribution in [2.45, 2.75) is 20.1 Å². The number of aliphatic hydroxyl groups is 1. The van der Waals surface area contributed by atoms with Crippen LogP contribution in [0.2, 0.25) is 0 Å². The van der Waals surface area contributed by atoms with Crippen molar-refractivity contribution in [1.82, 2.24) is 5.32 Å². The van der Waals surface area contributed by atoms with Gasteiger partial charge in [0.25, 0.3) is 0 Å². The van der Waals surface area contributed by atoms with E-state index in [1.165, 1.54) is 5.56 Å². The smallest absolute Gasteiger partial charge is 0.166 e. The molecule has 0 saturated carbocycles. The maximum atomic E-state index is 8.69. The Balaban J connectivity index is 1.98. The first-order valence-corrected chi connectivity index (χ1v) is 8.48. The van der Waals surface area contributed by atoms with E-state index in [-0.39, 0.29) is 6.61 Å². The van der Waals surface area contributed by atoms with Crippen molar-refractivity contribution < 1.29 is 19.3 Å². The number of para-hydroxylation sites is 1. The molecule has 2 aromatic carbocycles. The van der Waals surface area contributed by atoms with E-state index in [0.29, 0.717) is 32.9 Å². The van der Waals surface area contributed by atoms with Gasteiger partial charge in [-0.1, -0.05) is 36.4 Å². The zero-order valence-corrected chi connectivity index (χ0v) is 15.0. The summed E-state index contributed by atoms with van der Waals surface area (Å²) in [5, 5.41) is 12.0. The summed E-state index contributed by atoms with van der Waals surface area (Å²) < 4.78 is 16.8. The van der Waals surface area contributed by atoms with Crippen molar-refractivity contribution in [3.63, 3.8) is 0 Å². The molecular weight excluding hydrogens is 318 g/mol. The van der Waals surface area contributed by atoms with Crippen LogP contribution in [-0.4, -0.2) is 38.6 Å². The Bertz CT molecular complexity index is 645. The minimum atomic E-state index is 0.0484. The second-order valence-corrected chi connectivity index (χ2v) is 5.68.